The molecule has 1 atom stereocenters. The van der Waals surface area contributed by atoms with E-state index in [1.54, 1.807) is 20.3 Å². The minimum atomic E-state index is -0.614. The summed E-state index contributed by atoms with van der Waals surface area (Å²) in [6.45, 7) is 1.89. The first kappa shape index (κ1) is 15.1. The summed E-state index contributed by atoms with van der Waals surface area (Å²) < 4.78 is 36.8. The summed E-state index contributed by atoms with van der Waals surface area (Å²) in [5.74, 6) is 0.00773. The average Bonchev–Trinajstić information content (AvgIpc) is 2.45. The molecular formula is C16H17F2NO2. The minimum absolute atomic E-state index is 0.147. The van der Waals surface area contributed by atoms with Gasteiger partial charge in [0.2, 0.25) is 0 Å². The lowest BCUT2D eigenvalue weighted by molar-refractivity contribution is 0.354. The van der Waals surface area contributed by atoms with Crippen LogP contribution in [0.4, 0.5) is 14.5 Å². The minimum Gasteiger partial charge on any atom is -0.493 e. The van der Waals surface area contributed by atoms with Crippen LogP contribution in [0.5, 0.6) is 11.5 Å². The fourth-order valence-electron chi connectivity index (χ4n) is 2.09. The molecule has 21 heavy (non-hydrogen) atoms. The Morgan fingerprint density at radius 3 is 2.10 bits per heavy atom. The molecule has 1 unspecified atom stereocenters. The van der Waals surface area contributed by atoms with E-state index >= 15 is 0 Å². The van der Waals surface area contributed by atoms with Gasteiger partial charge in [-0.2, -0.15) is 0 Å². The maximum absolute atomic E-state index is 13.2. The van der Waals surface area contributed by atoms with Crippen LogP contribution in [-0.4, -0.2) is 14.2 Å². The van der Waals surface area contributed by atoms with Gasteiger partial charge in [-0.25, -0.2) is 8.78 Å². The monoisotopic (exact) mass is 293 g/mol. The Morgan fingerprint density at radius 1 is 0.905 bits per heavy atom. The number of ether oxygens (including phenoxy) is 2. The van der Waals surface area contributed by atoms with Crippen LogP contribution in [0.25, 0.3) is 0 Å². The van der Waals surface area contributed by atoms with Gasteiger partial charge in [0.1, 0.15) is 11.6 Å². The van der Waals surface area contributed by atoms with Crippen LogP contribution in [0.1, 0.15) is 18.5 Å². The molecule has 112 valence electrons. The molecule has 0 fully saturated rings. The van der Waals surface area contributed by atoms with Crippen LogP contribution in [0, 0.1) is 11.6 Å². The van der Waals surface area contributed by atoms with E-state index in [0.717, 1.165) is 11.6 Å². The van der Waals surface area contributed by atoms with Gasteiger partial charge >= 0.3 is 0 Å². The highest BCUT2D eigenvalue weighted by Crippen LogP contribution is 2.31. The van der Waals surface area contributed by atoms with Gasteiger partial charge < -0.3 is 14.8 Å². The van der Waals surface area contributed by atoms with Gasteiger partial charge in [-0.05, 0) is 36.8 Å². The Morgan fingerprint density at radius 2 is 1.52 bits per heavy atom. The SMILES string of the molecule is COc1ccc(C(C)Nc2cc(F)cc(F)c2)cc1OC. The van der Waals surface area contributed by atoms with Crippen molar-refractivity contribution >= 4 is 5.69 Å². The third kappa shape index (κ3) is 3.62. The molecule has 1 N–H and O–H groups in total. The van der Waals surface area contributed by atoms with Crippen LogP contribution in [0.15, 0.2) is 36.4 Å². The second-order valence-electron chi connectivity index (χ2n) is 4.64. The number of nitrogens with one attached hydrogen (secondary N) is 1. The lowest BCUT2D eigenvalue weighted by atomic mass is 10.1. The summed E-state index contributed by atoms with van der Waals surface area (Å²) in [6.07, 6.45) is 0. The lowest BCUT2D eigenvalue weighted by Gasteiger charge is -2.17. The zero-order valence-corrected chi connectivity index (χ0v) is 12.1. The van der Waals surface area contributed by atoms with Crippen molar-refractivity contribution in [1.29, 1.82) is 0 Å². The molecule has 0 aromatic heterocycles. The molecule has 0 heterocycles. The van der Waals surface area contributed by atoms with Gasteiger partial charge in [0.25, 0.3) is 0 Å². The van der Waals surface area contributed by atoms with E-state index in [1.807, 2.05) is 19.1 Å². The van der Waals surface area contributed by atoms with Crippen molar-refractivity contribution in [2.45, 2.75) is 13.0 Å². The molecule has 0 bridgehead atoms. The normalized spacial score (nSPS) is 11.9. The number of methoxy groups -OCH3 is 2. The van der Waals surface area contributed by atoms with Crippen molar-refractivity contribution in [2.75, 3.05) is 19.5 Å². The first-order valence-corrected chi connectivity index (χ1v) is 6.48. The highest BCUT2D eigenvalue weighted by Gasteiger charge is 2.11. The lowest BCUT2D eigenvalue weighted by Crippen LogP contribution is -2.07. The van der Waals surface area contributed by atoms with E-state index in [1.165, 1.54) is 12.1 Å². The van der Waals surface area contributed by atoms with Gasteiger partial charge in [0.05, 0.1) is 14.2 Å². The predicted octanol–water partition coefficient (Wildman–Crippen LogP) is 4.16. The van der Waals surface area contributed by atoms with Gasteiger partial charge in [0.15, 0.2) is 11.5 Å². The maximum atomic E-state index is 13.2. The standard InChI is InChI=1S/C16H17F2NO2/c1-10(19-14-8-12(17)7-13(18)9-14)11-4-5-15(20-2)16(6-11)21-3/h4-10,19H,1-3H3. The van der Waals surface area contributed by atoms with Crippen LogP contribution < -0.4 is 14.8 Å². The molecule has 2 rings (SSSR count). The van der Waals surface area contributed by atoms with Crippen LogP contribution in [0.2, 0.25) is 0 Å². The van der Waals surface area contributed by atoms with E-state index in [9.17, 15) is 8.78 Å². The molecule has 0 amide bonds. The third-order valence-corrected chi connectivity index (χ3v) is 3.15. The first-order chi connectivity index (χ1) is 10.0. The van der Waals surface area contributed by atoms with Crippen molar-refractivity contribution in [3.05, 3.63) is 53.6 Å². The number of hydrogen-bond acceptors (Lipinski definition) is 3. The fourth-order valence-corrected chi connectivity index (χ4v) is 2.09. The Hall–Kier alpha value is -2.30. The number of anilines is 1. The molecule has 0 spiro atoms. The molecule has 0 aliphatic rings. The summed E-state index contributed by atoms with van der Waals surface area (Å²) in [6, 6.07) is 8.68. The predicted molar refractivity (Wildman–Crippen MR) is 77.9 cm³/mol. The van der Waals surface area contributed by atoms with Crippen molar-refractivity contribution in [3.63, 3.8) is 0 Å². The Kier molecular flexibility index (Phi) is 4.62. The summed E-state index contributed by atoms with van der Waals surface area (Å²) in [4.78, 5) is 0. The summed E-state index contributed by atoms with van der Waals surface area (Å²) in [5.41, 5.74) is 1.30. The second kappa shape index (κ2) is 6.43. The highest BCUT2D eigenvalue weighted by atomic mass is 19.1. The van der Waals surface area contributed by atoms with Crippen molar-refractivity contribution in [1.82, 2.24) is 0 Å². The summed E-state index contributed by atoms with van der Waals surface area (Å²) >= 11 is 0. The Balaban J connectivity index is 2.21. The van der Waals surface area contributed by atoms with Gasteiger partial charge in [-0.1, -0.05) is 6.07 Å². The molecule has 5 heteroatoms. The quantitative estimate of drug-likeness (QED) is 0.898. The number of halogens is 2. The number of rotatable bonds is 5. The fraction of sp³-hybridized carbons (Fsp3) is 0.250. The maximum Gasteiger partial charge on any atom is 0.161 e. The van der Waals surface area contributed by atoms with E-state index in [2.05, 4.69) is 5.32 Å². The molecule has 0 radical (unpaired) electrons. The second-order valence-corrected chi connectivity index (χ2v) is 4.64. The van der Waals surface area contributed by atoms with Gasteiger partial charge in [-0.3, -0.25) is 0 Å². The van der Waals surface area contributed by atoms with E-state index in [4.69, 9.17) is 9.47 Å². The van der Waals surface area contributed by atoms with Crippen molar-refractivity contribution in [2.24, 2.45) is 0 Å². The Bertz CT molecular complexity index is 611. The molecule has 2 aromatic rings. The van der Waals surface area contributed by atoms with Gasteiger partial charge in [0, 0.05) is 17.8 Å². The zero-order valence-electron chi connectivity index (χ0n) is 12.1. The molecule has 0 saturated carbocycles. The average molecular weight is 293 g/mol. The number of hydrogen-bond donors (Lipinski definition) is 1. The smallest absolute Gasteiger partial charge is 0.161 e. The van der Waals surface area contributed by atoms with Crippen molar-refractivity contribution in [3.8, 4) is 11.5 Å². The summed E-state index contributed by atoms with van der Waals surface area (Å²) in [5, 5.41) is 3.05. The molecule has 0 aliphatic heterocycles. The topological polar surface area (TPSA) is 30.5 Å². The molecule has 2 aromatic carbocycles. The third-order valence-electron chi connectivity index (χ3n) is 3.15. The summed E-state index contributed by atoms with van der Waals surface area (Å²) in [7, 11) is 3.12. The molecule has 0 aliphatic carbocycles. The zero-order chi connectivity index (χ0) is 15.4. The van der Waals surface area contributed by atoms with Gasteiger partial charge in [-0.15, -0.1) is 0 Å². The van der Waals surface area contributed by atoms with Crippen molar-refractivity contribution < 1.29 is 18.3 Å². The van der Waals surface area contributed by atoms with Crippen LogP contribution in [0.3, 0.4) is 0 Å². The largest absolute Gasteiger partial charge is 0.493 e. The van der Waals surface area contributed by atoms with E-state index < -0.39 is 11.6 Å². The molecule has 3 nitrogen and oxygen atoms in total. The first-order valence-electron chi connectivity index (χ1n) is 6.48. The molecular weight excluding hydrogens is 276 g/mol. The van der Waals surface area contributed by atoms with Crippen LogP contribution >= 0.6 is 0 Å². The Labute approximate surface area is 122 Å². The van der Waals surface area contributed by atoms with Crippen LogP contribution in [-0.2, 0) is 0 Å². The van der Waals surface area contributed by atoms with E-state index in [0.29, 0.717) is 17.2 Å². The highest BCUT2D eigenvalue weighted by molar-refractivity contribution is 5.49. The van der Waals surface area contributed by atoms with E-state index in [-0.39, 0.29) is 6.04 Å². The number of benzene rings is 2. The molecule has 0 saturated heterocycles.